The largest absolute Gasteiger partial charge is 0.454 e. The van der Waals surface area contributed by atoms with E-state index in [0.29, 0.717) is 17.0 Å². The molecule has 0 aromatic heterocycles. The Hall–Kier alpha value is -3.43. The first-order chi connectivity index (χ1) is 14.5. The van der Waals surface area contributed by atoms with E-state index in [1.165, 1.54) is 0 Å². The van der Waals surface area contributed by atoms with Gasteiger partial charge >= 0.3 is 12.0 Å². The number of carbonyl (C=O) groups is 5. The van der Waals surface area contributed by atoms with E-state index < -0.39 is 47.9 Å². The highest BCUT2D eigenvalue weighted by Crippen LogP contribution is 2.19. The van der Waals surface area contributed by atoms with Crippen molar-refractivity contribution in [3.63, 3.8) is 0 Å². The highest BCUT2D eigenvalue weighted by Gasteiger charge is 2.47. The highest BCUT2D eigenvalue weighted by molar-refractivity contribution is 6.07. The Morgan fingerprint density at radius 3 is 2.45 bits per heavy atom. The fourth-order valence-electron chi connectivity index (χ4n) is 2.92. The molecule has 1 aliphatic heterocycles. The number of nitrogens with zero attached hydrogens (tertiary/aromatic N) is 1. The third-order valence-electron chi connectivity index (χ3n) is 5.04. The van der Waals surface area contributed by atoms with E-state index in [0.717, 1.165) is 5.56 Å². The third-order valence-corrected chi connectivity index (χ3v) is 5.04. The lowest BCUT2D eigenvalue weighted by Crippen LogP contribution is -2.50. The summed E-state index contributed by atoms with van der Waals surface area (Å²) in [6.07, 6.45) is 0.343. The number of urea groups is 1. The van der Waals surface area contributed by atoms with E-state index >= 15 is 0 Å². The Labute approximate surface area is 180 Å². The number of carbonyl (C=O) groups excluding carboxylic acids is 5. The molecule has 0 spiro atoms. The lowest BCUT2D eigenvalue weighted by Gasteiger charge is -2.21. The van der Waals surface area contributed by atoms with Crippen molar-refractivity contribution in [2.75, 3.05) is 6.61 Å². The number of esters is 1. The maximum atomic E-state index is 12.5. The van der Waals surface area contributed by atoms with Gasteiger partial charge in [0.1, 0.15) is 11.6 Å². The maximum Gasteiger partial charge on any atom is 0.344 e. The number of hydrogen-bond acceptors (Lipinski definition) is 6. The van der Waals surface area contributed by atoms with Crippen LogP contribution in [0, 0.1) is 12.8 Å². The van der Waals surface area contributed by atoms with E-state index in [-0.39, 0.29) is 5.92 Å². The van der Waals surface area contributed by atoms with Crippen molar-refractivity contribution >= 4 is 29.7 Å². The van der Waals surface area contributed by atoms with Crippen LogP contribution < -0.4 is 16.1 Å². The van der Waals surface area contributed by atoms with Crippen LogP contribution in [-0.4, -0.2) is 52.9 Å². The summed E-state index contributed by atoms with van der Waals surface area (Å²) >= 11 is 0. The molecule has 3 N–H and O–H groups in total. The average molecular weight is 432 g/mol. The molecule has 2 atom stereocenters. The molecule has 0 saturated carbocycles. The molecule has 31 heavy (non-hydrogen) atoms. The van der Waals surface area contributed by atoms with E-state index in [4.69, 9.17) is 4.74 Å². The monoisotopic (exact) mass is 432 g/mol. The van der Waals surface area contributed by atoms with Crippen LogP contribution in [0.15, 0.2) is 24.3 Å². The van der Waals surface area contributed by atoms with E-state index in [2.05, 4.69) is 16.1 Å². The SMILES string of the molecule is CCC1(C)NC(=O)N(NC(=O)COC(=O)[C@@H](NC(=O)c2cccc(C)c2)C(C)C)C1=O. The van der Waals surface area contributed by atoms with Gasteiger partial charge in [-0.15, -0.1) is 0 Å². The zero-order chi connectivity index (χ0) is 23.3. The summed E-state index contributed by atoms with van der Waals surface area (Å²) in [5, 5.41) is 5.68. The Morgan fingerprint density at radius 2 is 1.90 bits per heavy atom. The third kappa shape index (κ3) is 5.59. The Kier molecular flexibility index (Phi) is 7.37. The van der Waals surface area contributed by atoms with Crippen LogP contribution in [0.5, 0.6) is 0 Å². The van der Waals surface area contributed by atoms with Gasteiger partial charge in [0.2, 0.25) is 0 Å². The maximum absolute atomic E-state index is 12.5. The van der Waals surface area contributed by atoms with Gasteiger partial charge in [-0.1, -0.05) is 38.5 Å². The van der Waals surface area contributed by atoms with E-state index in [1.54, 1.807) is 45.9 Å². The van der Waals surface area contributed by atoms with Crippen molar-refractivity contribution in [2.24, 2.45) is 5.92 Å². The number of imide groups is 1. The predicted octanol–water partition coefficient (Wildman–Crippen LogP) is 1.04. The van der Waals surface area contributed by atoms with Gasteiger partial charge in [0.05, 0.1) is 0 Å². The molecule has 1 aromatic carbocycles. The lowest BCUT2D eigenvalue weighted by atomic mass is 10.00. The van der Waals surface area contributed by atoms with Crippen molar-refractivity contribution in [1.29, 1.82) is 0 Å². The molecule has 1 unspecified atom stereocenters. The number of rotatable bonds is 8. The molecule has 10 heteroatoms. The van der Waals surface area contributed by atoms with Crippen LogP contribution in [0.25, 0.3) is 0 Å². The molecule has 1 aromatic rings. The second kappa shape index (κ2) is 9.59. The molecule has 5 amide bonds. The summed E-state index contributed by atoms with van der Waals surface area (Å²) in [6, 6.07) is 5.14. The van der Waals surface area contributed by atoms with Crippen molar-refractivity contribution in [2.45, 2.75) is 52.6 Å². The molecular weight excluding hydrogens is 404 g/mol. The molecule has 2 rings (SSSR count). The molecule has 10 nitrogen and oxygen atoms in total. The molecule has 0 radical (unpaired) electrons. The minimum atomic E-state index is -1.11. The summed E-state index contributed by atoms with van der Waals surface area (Å²) in [4.78, 5) is 61.3. The number of ether oxygens (including phenoxy) is 1. The fourth-order valence-corrected chi connectivity index (χ4v) is 2.92. The van der Waals surface area contributed by atoms with Gasteiger partial charge in [-0.05, 0) is 38.3 Å². The van der Waals surface area contributed by atoms with Gasteiger partial charge in [-0.2, -0.15) is 5.01 Å². The van der Waals surface area contributed by atoms with Crippen LogP contribution in [0.3, 0.4) is 0 Å². The molecule has 1 fully saturated rings. The number of nitrogens with one attached hydrogen (secondary N) is 3. The van der Waals surface area contributed by atoms with Gasteiger partial charge in [-0.3, -0.25) is 19.8 Å². The van der Waals surface area contributed by atoms with Crippen LogP contribution in [0.2, 0.25) is 0 Å². The topological polar surface area (TPSA) is 134 Å². The van der Waals surface area contributed by atoms with Gasteiger partial charge in [0.25, 0.3) is 17.7 Å². The summed E-state index contributed by atoms with van der Waals surface area (Å²) in [5.74, 6) is -3.01. The van der Waals surface area contributed by atoms with E-state index in [9.17, 15) is 24.0 Å². The number of hydrogen-bond donors (Lipinski definition) is 3. The molecular formula is C21H28N4O6. The number of benzene rings is 1. The first kappa shape index (κ1) is 23.8. The molecule has 0 bridgehead atoms. The smallest absolute Gasteiger partial charge is 0.344 e. The fraction of sp³-hybridized carbons (Fsp3) is 0.476. The van der Waals surface area contributed by atoms with E-state index in [1.807, 2.05) is 13.0 Å². The minimum absolute atomic E-state index is 0.305. The quantitative estimate of drug-likeness (QED) is 0.415. The number of hydrazine groups is 1. The first-order valence-corrected chi connectivity index (χ1v) is 9.99. The van der Waals surface area contributed by atoms with Crippen molar-refractivity contribution in [3.8, 4) is 0 Å². The van der Waals surface area contributed by atoms with Gasteiger partial charge in [0, 0.05) is 5.56 Å². The van der Waals surface area contributed by atoms with Gasteiger partial charge in [-0.25, -0.2) is 9.59 Å². The zero-order valence-corrected chi connectivity index (χ0v) is 18.3. The Balaban J connectivity index is 1.94. The summed E-state index contributed by atoms with van der Waals surface area (Å²) in [7, 11) is 0. The van der Waals surface area contributed by atoms with Crippen molar-refractivity contribution in [1.82, 2.24) is 21.1 Å². The van der Waals surface area contributed by atoms with Crippen molar-refractivity contribution in [3.05, 3.63) is 35.4 Å². The second-order valence-corrected chi connectivity index (χ2v) is 7.96. The summed E-state index contributed by atoms with van der Waals surface area (Å²) in [6.45, 7) is 7.84. The second-order valence-electron chi connectivity index (χ2n) is 7.96. The predicted molar refractivity (Wildman–Crippen MR) is 110 cm³/mol. The van der Waals surface area contributed by atoms with Crippen LogP contribution in [-0.2, 0) is 19.1 Å². The minimum Gasteiger partial charge on any atom is -0.454 e. The zero-order valence-electron chi connectivity index (χ0n) is 18.3. The molecule has 1 aliphatic rings. The molecule has 0 aliphatic carbocycles. The first-order valence-electron chi connectivity index (χ1n) is 9.99. The summed E-state index contributed by atoms with van der Waals surface area (Å²) < 4.78 is 5.01. The van der Waals surface area contributed by atoms with Crippen LogP contribution >= 0.6 is 0 Å². The molecule has 168 valence electrons. The average Bonchev–Trinajstić information content (AvgIpc) is 2.93. The highest BCUT2D eigenvalue weighted by atomic mass is 16.5. The van der Waals surface area contributed by atoms with Crippen molar-refractivity contribution < 1.29 is 28.7 Å². The van der Waals surface area contributed by atoms with Gasteiger partial charge < -0.3 is 15.4 Å². The Bertz CT molecular complexity index is 900. The molecule has 1 heterocycles. The normalized spacial score (nSPS) is 19.1. The Morgan fingerprint density at radius 1 is 1.23 bits per heavy atom. The lowest BCUT2D eigenvalue weighted by molar-refractivity contribution is -0.153. The molecule has 1 saturated heterocycles. The standard InChI is InChI=1S/C21H28N4O6/c1-6-21(5)19(29)25(20(30)23-21)24-15(26)11-31-18(28)16(12(2)3)22-17(27)14-9-7-8-13(4)10-14/h7-10,12,16H,6,11H2,1-5H3,(H,22,27)(H,23,30)(H,24,26)/t16-,21?/m0/s1. The summed E-state index contributed by atoms with van der Waals surface area (Å²) in [5.41, 5.74) is 2.32. The number of aryl methyl sites for hydroxylation is 1. The van der Waals surface area contributed by atoms with Crippen LogP contribution in [0.4, 0.5) is 4.79 Å². The number of amides is 5. The van der Waals surface area contributed by atoms with Gasteiger partial charge in [0.15, 0.2) is 6.61 Å². The van der Waals surface area contributed by atoms with Crippen LogP contribution in [0.1, 0.15) is 50.0 Å².